The zero-order valence-electron chi connectivity index (χ0n) is 16.6. The van der Waals surface area contributed by atoms with Crippen LogP contribution in [0.2, 0.25) is 0 Å². The van der Waals surface area contributed by atoms with Crippen LogP contribution in [0.5, 0.6) is 5.75 Å². The highest BCUT2D eigenvalue weighted by molar-refractivity contribution is 5.98. The molecule has 2 heterocycles. The summed E-state index contributed by atoms with van der Waals surface area (Å²) in [5, 5.41) is 21.5. The summed E-state index contributed by atoms with van der Waals surface area (Å²) in [6.45, 7) is 1.65. The van der Waals surface area contributed by atoms with Crippen molar-refractivity contribution in [2.45, 2.75) is 31.2 Å². The van der Waals surface area contributed by atoms with Gasteiger partial charge >= 0.3 is 5.97 Å². The number of carbonyl (C=O) groups is 1. The number of nitrogens with two attached hydrogens (primary N) is 1. The molecular weight excluding hydrogens is 382 g/mol. The Bertz CT molecular complexity index is 1050. The zero-order valence-corrected chi connectivity index (χ0v) is 16.6. The third kappa shape index (κ3) is 4.46. The first-order chi connectivity index (χ1) is 14.5. The second kappa shape index (κ2) is 8.59. The van der Waals surface area contributed by atoms with Crippen LogP contribution in [0.1, 0.15) is 35.6 Å². The van der Waals surface area contributed by atoms with Gasteiger partial charge in [-0.3, -0.25) is 10.2 Å². The third-order valence-corrected chi connectivity index (χ3v) is 5.48. The molecule has 1 saturated heterocycles. The van der Waals surface area contributed by atoms with Crippen LogP contribution in [0.3, 0.4) is 0 Å². The molecule has 0 saturated carbocycles. The maximum absolute atomic E-state index is 11.9. The van der Waals surface area contributed by atoms with E-state index < -0.39 is 11.9 Å². The lowest BCUT2D eigenvalue weighted by Crippen LogP contribution is -2.28. The Morgan fingerprint density at radius 1 is 1.27 bits per heavy atom. The van der Waals surface area contributed by atoms with Gasteiger partial charge in [0, 0.05) is 23.4 Å². The average Bonchev–Trinajstić information content (AvgIpc) is 3.39. The minimum atomic E-state index is -0.913. The standard InChI is InChI=1S/C23H25N3O4/c24-22(25)15-5-8-21-16(10-15)11-19(30-21)12-20(23(27)28)14-3-6-18(7-4-14)29-13-17-2-1-9-26-17/h3-8,10-11,17,20,26H,1-2,9,12-13H2,(H3,24,25)(H,27,28)/t17-,20?/m1/s1. The molecule has 7 heteroatoms. The number of rotatable bonds is 8. The highest BCUT2D eigenvalue weighted by atomic mass is 16.5. The molecule has 3 aromatic rings. The number of fused-ring (bicyclic) bond motifs is 1. The summed E-state index contributed by atoms with van der Waals surface area (Å²) in [5.41, 5.74) is 7.48. The molecule has 0 radical (unpaired) electrons. The van der Waals surface area contributed by atoms with Crippen molar-refractivity contribution in [1.29, 1.82) is 5.41 Å². The predicted octanol–water partition coefficient (Wildman–Crippen LogP) is 3.26. The van der Waals surface area contributed by atoms with E-state index in [1.165, 1.54) is 6.42 Å². The molecule has 0 aliphatic carbocycles. The maximum atomic E-state index is 11.9. The molecule has 30 heavy (non-hydrogen) atoms. The SMILES string of the molecule is N=C(N)c1ccc2oc(CC(C(=O)O)c3ccc(OC[C@H]4CCCN4)cc3)cc2c1. The molecule has 1 aliphatic heterocycles. The smallest absolute Gasteiger partial charge is 0.311 e. The van der Waals surface area contributed by atoms with Crippen molar-refractivity contribution in [3.8, 4) is 5.75 Å². The number of carboxylic acids is 1. The first kappa shape index (κ1) is 20.0. The minimum absolute atomic E-state index is 0.0194. The summed E-state index contributed by atoms with van der Waals surface area (Å²) in [4.78, 5) is 11.9. The van der Waals surface area contributed by atoms with Crippen molar-refractivity contribution < 1.29 is 19.1 Å². The van der Waals surface area contributed by atoms with Crippen molar-refractivity contribution in [2.24, 2.45) is 5.73 Å². The normalized spacial score (nSPS) is 17.1. The van der Waals surface area contributed by atoms with E-state index in [-0.39, 0.29) is 12.3 Å². The summed E-state index contributed by atoms with van der Waals surface area (Å²) >= 11 is 0. The lowest BCUT2D eigenvalue weighted by Gasteiger charge is -2.14. The number of amidine groups is 1. The molecule has 2 atom stereocenters. The molecular formula is C23H25N3O4. The van der Waals surface area contributed by atoms with Crippen molar-refractivity contribution in [2.75, 3.05) is 13.2 Å². The second-order valence-corrected chi connectivity index (χ2v) is 7.65. The maximum Gasteiger partial charge on any atom is 0.311 e. The Labute approximate surface area is 174 Å². The quantitative estimate of drug-likeness (QED) is 0.336. The number of nitrogen functional groups attached to an aromatic ring is 1. The summed E-state index contributed by atoms with van der Waals surface area (Å²) in [6, 6.07) is 14.7. The van der Waals surface area contributed by atoms with Gasteiger partial charge in [0.15, 0.2) is 0 Å². The number of ether oxygens (including phenoxy) is 1. The third-order valence-electron chi connectivity index (χ3n) is 5.48. The zero-order chi connectivity index (χ0) is 21.1. The topological polar surface area (TPSA) is 122 Å². The van der Waals surface area contributed by atoms with Crippen LogP contribution in [0.15, 0.2) is 52.9 Å². The second-order valence-electron chi connectivity index (χ2n) is 7.65. The Kier molecular flexibility index (Phi) is 5.72. The average molecular weight is 407 g/mol. The van der Waals surface area contributed by atoms with E-state index in [1.54, 1.807) is 30.3 Å². The van der Waals surface area contributed by atoms with Crippen LogP contribution in [0, 0.1) is 5.41 Å². The van der Waals surface area contributed by atoms with Crippen LogP contribution in [-0.4, -0.2) is 36.1 Å². The van der Waals surface area contributed by atoms with E-state index in [9.17, 15) is 9.90 Å². The lowest BCUT2D eigenvalue weighted by molar-refractivity contribution is -0.138. The van der Waals surface area contributed by atoms with E-state index in [0.717, 1.165) is 24.1 Å². The monoisotopic (exact) mass is 407 g/mol. The Morgan fingerprint density at radius 2 is 2.07 bits per heavy atom. The van der Waals surface area contributed by atoms with Crippen molar-refractivity contribution in [3.63, 3.8) is 0 Å². The highest BCUT2D eigenvalue weighted by Gasteiger charge is 2.23. The highest BCUT2D eigenvalue weighted by Crippen LogP contribution is 2.28. The van der Waals surface area contributed by atoms with Gasteiger partial charge in [-0.05, 0) is 61.3 Å². The number of hydrogen-bond donors (Lipinski definition) is 4. The Morgan fingerprint density at radius 3 is 2.73 bits per heavy atom. The van der Waals surface area contributed by atoms with E-state index in [2.05, 4.69) is 5.32 Å². The fraction of sp³-hybridized carbons (Fsp3) is 0.304. The summed E-state index contributed by atoms with van der Waals surface area (Å²) in [7, 11) is 0. The summed E-state index contributed by atoms with van der Waals surface area (Å²) in [6.07, 6.45) is 2.52. The van der Waals surface area contributed by atoms with Gasteiger partial charge < -0.3 is 25.3 Å². The van der Waals surface area contributed by atoms with Crippen molar-refractivity contribution in [3.05, 3.63) is 65.4 Å². The molecule has 1 fully saturated rings. The molecule has 156 valence electrons. The van der Waals surface area contributed by atoms with Crippen LogP contribution in [0.4, 0.5) is 0 Å². The molecule has 0 amide bonds. The van der Waals surface area contributed by atoms with E-state index >= 15 is 0 Å². The van der Waals surface area contributed by atoms with Crippen molar-refractivity contribution >= 4 is 22.8 Å². The molecule has 0 bridgehead atoms. The van der Waals surface area contributed by atoms with Crippen LogP contribution < -0.4 is 15.8 Å². The minimum Gasteiger partial charge on any atom is -0.492 e. The van der Waals surface area contributed by atoms with Crippen LogP contribution in [-0.2, 0) is 11.2 Å². The number of aliphatic carboxylic acids is 1. The fourth-order valence-corrected chi connectivity index (χ4v) is 3.81. The Balaban J connectivity index is 1.47. The number of hydrogen-bond acceptors (Lipinski definition) is 5. The van der Waals surface area contributed by atoms with Gasteiger partial charge in [-0.25, -0.2) is 0 Å². The molecule has 1 unspecified atom stereocenters. The first-order valence-corrected chi connectivity index (χ1v) is 10.1. The number of benzene rings is 2. The van der Waals surface area contributed by atoms with Gasteiger partial charge in [0.1, 0.15) is 29.5 Å². The van der Waals surface area contributed by atoms with E-state index in [4.69, 9.17) is 20.3 Å². The molecule has 0 spiro atoms. The first-order valence-electron chi connectivity index (χ1n) is 10.1. The van der Waals surface area contributed by atoms with Gasteiger partial charge in [-0.1, -0.05) is 12.1 Å². The molecule has 7 nitrogen and oxygen atoms in total. The number of furan rings is 1. The van der Waals surface area contributed by atoms with Crippen LogP contribution in [0.25, 0.3) is 11.0 Å². The molecule has 5 N–H and O–H groups in total. The summed E-state index contributed by atoms with van der Waals surface area (Å²) < 4.78 is 11.6. The van der Waals surface area contributed by atoms with E-state index in [1.807, 2.05) is 18.2 Å². The van der Waals surface area contributed by atoms with Gasteiger partial charge in [0.2, 0.25) is 0 Å². The molecule has 2 aromatic carbocycles. The van der Waals surface area contributed by atoms with Gasteiger partial charge in [0.05, 0.1) is 5.92 Å². The molecule has 1 aliphatic rings. The molecule has 1 aromatic heterocycles. The number of nitrogens with one attached hydrogen (secondary N) is 2. The van der Waals surface area contributed by atoms with Gasteiger partial charge in [-0.2, -0.15) is 0 Å². The molecule has 4 rings (SSSR count). The number of carboxylic acid groups (broad SMARTS) is 1. The largest absolute Gasteiger partial charge is 0.492 e. The van der Waals surface area contributed by atoms with Crippen LogP contribution >= 0.6 is 0 Å². The van der Waals surface area contributed by atoms with Gasteiger partial charge in [0.25, 0.3) is 0 Å². The summed E-state index contributed by atoms with van der Waals surface area (Å²) in [5.74, 6) is -0.357. The predicted molar refractivity (Wildman–Crippen MR) is 114 cm³/mol. The van der Waals surface area contributed by atoms with E-state index in [0.29, 0.717) is 35.1 Å². The fourth-order valence-electron chi connectivity index (χ4n) is 3.81. The van der Waals surface area contributed by atoms with Crippen molar-refractivity contribution in [1.82, 2.24) is 5.32 Å². The Hall–Kier alpha value is -3.32. The van der Waals surface area contributed by atoms with Gasteiger partial charge in [-0.15, -0.1) is 0 Å². The lowest BCUT2D eigenvalue weighted by atomic mass is 9.94.